The lowest BCUT2D eigenvalue weighted by atomic mass is 9.92. The number of nitrogens with one attached hydrogen (secondary N) is 1. The van der Waals surface area contributed by atoms with Gasteiger partial charge >= 0.3 is 6.18 Å². The molecule has 3 rings (SSSR count). The minimum Gasteiger partial charge on any atom is -0.349 e. The zero-order chi connectivity index (χ0) is 21.9. The van der Waals surface area contributed by atoms with Gasteiger partial charge in [0.15, 0.2) is 0 Å². The van der Waals surface area contributed by atoms with E-state index in [1.54, 1.807) is 10.7 Å². The van der Waals surface area contributed by atoms with Crippen molar-refractivity contribution in [3.05, 3.63) is 52.8 Å². The van der Waals surface area contributed by atoms with Crippen LogP contribution in [0.4, 0.5) is 13.2 Å². The summed E-state index contributed by atoms with van der Waals surface area (Å²) in [5, 5.41) is 7.37. The molecule has 1 unspecified atom stereocenters. The number of carbonyl (C=O) groups excluding carboxylic acids is 1. The van der Waals surface area contributed by atoms with Crippen LogP contribution < -0.4 is 5.32 Å². The van der Waals surface area contributed by atoms with Gasteiger partial charge in [-0.2, -0.15) is 18.3 Å². The average molecular weight is 422 g/mol. The fourth-order valence-electron chi connectivity index (χ4n) is 4.14. The Kier molecular flexibility index (Phi) is 6.85. The van der Waals surface area contributed by atoms with Gasteiger partial charge < -0.3 is 5.32 Å². The molecule has 164 valence electrons. The molecule has 2 heterocycles. The molecule has 0 saturated carbocycles. The lowest BCUT2D eigenvalue weighted by molar-refractivity contribution is -0.137. The molecule has 8 heteroatoms. The number of piperidine rings is 1. The Labute approximate surface area is 175 Å². The minimum absolute atomic E-state index is 0.0297. The van der Waals surface area contributed by atoms with Crippen molar-refractivity contribution in [2.45, 2.75) is 51.9 Å². The first kappa shape index (κ1) is 22.3. The Morgan fingerprint density at radius 2 is 2.00 bits per heavy atom. The quantitative estimate of drug-likeness (QED) is 0.758. The SMILES string of the molecule is Cc1nn(C)cc1C(C)NC(=O)CC1CCN(Cc2cccc(C(F)(F)F)c2)CC1. The number of nitrogens with zero attached hydrogens (tertiary/aromatic N) is 3. The second kappa shape index (κ2) is 9.20. The molecule has 1 aliphatic heterocycles. The zero-order valence-electron chi connectivity index (χ0n) is 17.7. The Morgan fingerprint density at radius 1 is 1.30 bits per heavy atom. The number of amides is 1. The fraction of sp³-hybridized carbons (Fsp3) is 0.545. The van der Waals surface area contributed by atoms with Crippen LogP contribution in [0.5, 0.6) is 0 Å². The molecule has 1 aliphatic rings. The summed E-state index contributed by atoms with van der Waals surface area (Å²) in [6.07, 6.45) is -0.186. The van der Waals surface area contributed by atoms with Crippen LogP contribution in [0.25, 0.3) is 0 Å². The molecule has 1 aromatic carbocycles. The number of halogens is 3. The van der Waals surface area contributed by atoms with Gasteiger partial charge in [-0.05, 0) is 57.3 Å². The number of rotatable bonds is 6. The van der Waals surface area contributed by atoms with Gasteiger partial charge in [0.1, 0.15) is 0 Å². The van der Waals surface area contributed by atoms with Gasteiger partial charge in [-0.15, -0.1) is 0 Å². The molecule has 5 nitrogen and oxygen atoms in total. The van der Waals surface area contributed by atoms with Gasteiger partial charge in [-0.1, -0.05) is 18.2 Å². The third-order valence-electron chi connectivity index (χ3n) is 5.74. The van der Waals surface area contributed by atoms with Crippen molar-refractivity contribution in [1.82, 2.24) is 20.0 Å². The molecule has 1 saturated heterocycles. The van der Waals surface area contributed by atoms with Gasteiger partial charge in [0.2, 0.25) is 5.91 Å². The number of hydrogen-bond donors (Lipinski definition) is 1. The fourth-order valence-corrected chi connectivity index (χ4v) is 4.14. The van der Waals surface area contributed by atoms with E-state index in [-0.39, 0.29) is 11.9 Å². The molecule has 1 fully saturated rings. The molecular formula is C22H29F3N4O. The Hall–Kier alpha value is -2.35. The predicted octanol–water partition coefficient (Wildman–Crippen LogP) is 4.23. The highest BCUT2D eigenvalue weighted by Gasteiger charge is 2.30. The molecule has 1 N–H and O–H groups in total. The molecule has 30 heavy (non-hydrogen) atoms. The van der Waals surface area contributed by atoms with Crippen LogP contribution in [-0.2, 0) is 24.6 Å². The lowest BCUT2D eigenvalue weighted by Crippen LogP contribution is -2.36. The summed E-state index contributed by atoms with van der Waals surface area (Å²) in [5.74, 6) is 0.326. The van der Waals surface area contributed by atoms with E-state index in [4.69, 9.17) is 0 Å². The second-order valence-corrected chi connectivity index (χ2v) is 8.25. The number of alkyl halides is 3. The van der Waals surface area contributed by atoms with Crippen LogP contribution in [0.2, 0.25) is 0 Å². The number of aryl methyl sites for hydroxylation is 2. The normalized spacial score (nSPS) is 17.1. The standard InChI is InChI=1S/C22H29F3N4O/c1-15(20-14-28(3)27-16(20)2)26-21(30)12-17-7-9-29(10-8-17)13-18-5-4-6-19(11-18)22(23,24)25/h4-6,11,14-15,17H,7-10,12-13H2,1-3H3,(H,26,30). The van der Waals surface area contributed by atoms with Crippen LogP contribution in [0.15, 0.2) is 30.5 Å². The summed E-state index contributed by atoms with van der Waals surface area (Å²) in [6.45, 7) is 5.95. The van der Waals surface area contributed by atoms with Crippen molar-refractivity contribution in [3.8, 4) is 0 Å². The Morgan fingerprint density at radius 3 is 2.60 bits per heavy atom. The predicted molar refractivity (Wildman–Crippen MR) is 109 cm³/mol. The number of hydrogen-bond acceptors (Lipinski definition) is 3. The molecule has 0 aliphatic carbocycles. The van der Waals surface area contributed by atoms with Crippen molar-refractivity contribution in [2.24, 2.45) is 13.0 Å². The molecule has 0 bridgehead atoms. The summed E-state index contributed by atoms with van der Waals surface area (Å²) in [6, 6.07) is 5.42. The summed E-state index contributed by atoms with van der Waals surface area (Å²) in [4.78, 5) is 14.6. The third kappa shape index (κ3) is 5.84. The van der Waals surface area contributed by atoms with Crippen molar-refractivity contribution in [1.29, 1.82) is 0 Å². The van der Waals surface area contributed by atoms with Crippen molar-refractivity contribution in [3.63, 3.8) is 0 Å². The smallest absolute Gasteiger partial charge is 0.349 e. The highest BCUT2D eigenvalue weighted by molar-refractivity contribution is 5.76. The van der Waals surface area contributed by atoms with Crippen molar-refractivity contribution in [2.75, 3.05) is 13.1 Å². The number of carbonyl (C=O) groups is 1. The summed E-state index contributed by atoms with van der Waals surface area (Å²) in [7, 11) is 1.86. The zero-order valence-corrected chi connectivity index (χ0v) is 17.7. The maximum absolute atomic E-state index is 12.9. The van der Waals surface area contributed by atoms with E-state index in [2.05, 4.69) is 15.3 Å². The van der Waals surface area contributed by atoms with Crippen LogP contribution in [0.1, 0.15) is 54.6 Å². The highest BCUT2D eigenvalue weighted by Crippen LogP contribution is 2.30. The first-order chi connectivity index (χ1) is 14.1. The summed E-state index contributed by atoms with van der Waals surface area (Å²) >= 11 is 0. The van der Waals surface area contributed by atoms with Gasteiger partial charge in [-0.3, -0.25) is 14.4 Å². The van der Waals surface area contributed by atoms with E-state index in [0.29, 0.717) is 24.4 Å². The summed E-state index contributed by atoms with van der Waals surface area (Å²) in [5.41, 5.74) is 1.99. The largest absolute Gasteiger partial charge is 0.416 e. The van der Waals surface area contributed by atoms with Crippen LogP contribution in [-0.4, -0.2) is 33.7 Å². The first-order valence-corrected chi connectivity index (χ1v) is 10.3. The molecule has 0 radical (unpaired) electrons. The second-order valence-electron chi connectivity index (χ2n) is 8.25. The molecule has 0 spiro atoms. The number of aromatic nitrogens is 2. The average Bonchev–Trinajstić information content (AvgIpc) is 3.01. The van der Waals surface area contributed by atoms with Crippen LogP contribution in [0.3, 0.4) is 0 Å². The maximum Gasteiger partial charge on any atom is 0.416 e. The molecular weight excluding hydrogens is 393 g/mol. The topological polar surface area (TPSA) is 50.2 Å². The molecule has 1 amide bonds. The van der Waals surface area contributed by atoms with Gasteiger partial charge in [0.05, 0.1) is 17.3 Å². The van der Waals surface area contributed by atoms with E-state index in [9.17, 15) is 18.0 Å². The van der Waals surface area contributed by atoms with Crippen LogP contribution in [0, 0.1) is 12.8 Å². The van der Waals surface area contributed by atoms with E-state index < -0.39 is 11.7 Å². The van der Waals surface area contributed by atoms with Crippen molar-refractivity contribution >= 4 is 5.91 Å². The number of likely N-dealkylation sites (tertiary alicyclic amines) is 1. The highest BCUT2D eigenvalue weighted by atomic mass is 19.4. The molecule has 2 aromatic rings. The number of benzene rings is 1. The Balaban J connectivity index is 1.45. The van der Waals surface area contributed by atoms with Crippen molar-refractivity contribution < 1.29 is 18.0 Å². The van der Waals surface area contributed by atoms with E-state index in [1.807, 2.05) is 27.1 Å². The van der Waals surface area contributed by atoms with Gasteiger partial charge in [0.25, 0.3) is 0 Å². The summed E-state index contributed by atoms with van der Waals surface area (Å²) < 4.78 is 40.4. The molecule has 1 atom stereocenters. The Bertz CT molecular complexity index is 870. The van der Waals surface area contributed by atoms with E-state index >= 15 is 0 Å². The third-order valence-corrected chi connectivity index (χ3v) is 5.74. The maximum atomic E-state index is 12.9. The van der Waals surface area contributed by atoms with E-state index in [1.165, 1.54) is 12.1 Å². The van der Waals surface area contributed by atoms with Gasteiger partial charge in [0, 0.05) is 31.8 Å². The minimum atomic E-state index is -4.32. The van der Waals surface area contributed by atoms with Crippen LogP contribution >= 0.6 is 0 Å². The van der Waals surface area contributed by atoms with E-state index in [0.717, 1.165) is 43.3 Å². The van der Waals surface area contributed by atoms with Gasteiger partial charge in [-0.25, -0.2) is 0 Å². The molecule has 1 aromatic heterocycles. The first-order valence-electron chi connectivity index (χ1n) is 10.3. The monoisotopic (exact) mass is 422 g/mol. The lowest BCUT2D eigenvalue weighted by Gasteiger charge is -2.32.